The molecule has 8 nitrogen and oxygen atoms in total. The summed E-state index contributed by atoms with van der Waals surface area (Å²) < 4.78 is 59.0. The lowest BCUT2D eigenvalue weighted by atomic mass is 9.91. The van der Waals surface area contributed by atoms with Crippen molar-refractivity contribution in [2.75, 3.05) is 31.6 Å². The minimum atomic E-state index is -0.925. The summed E-state index contributed by atoms with van der Waals surface area (Å²) in [5, 5.41) is 11.6. The Morgan fingerprint density at radius 1 is 1.16 bits per heavy atom. The van der Waals surface area contributed by atoms with Crippen molar-refractivity contribution in [3.63, 3.8) is 0 Å². The molecule has 4 aliphatic rings. The zero-order chi connectivity index (χ0) is 31.0. The molecule has 11 heteroatoms. The first-order valence-electron chi connectivity index (χ1n) is 15.5. The van der Waals surface area contributed by atoms with Gasteiger partial charge >= 0.3 is 6.01 Å². The van der Waals surface area contributed by atoms with E-state index in [-0.39, 0.29) is 64.1 Å². The van der Waals surface area contributed by atoms with E-state index in [4.69, 9.17) is 20.9 Å². The second-order valence-corrected chi connectivity index (χ2v) is 12.8. The van der Waals surface area contributed by atoms with Gasteiger partial charge in [-0.1, -0.05) is 12.0 Å². The molecule has 232 valence electrons. The summed E-state index contributed by atoms with van der Waals surface area (Å²) in [6.45, 7) is 1.36. The summed E-state index contributed by atoms with van der Waals surface area (Å²) in [7, 11) is 1.92. The molecule has 0 amide bonds. The molecule has 8 rings (SSSR count). The van der Waals surface area contributed by atoms with Crippen molar-refractivity contribution in [2.24, 2.45) is 0 Å². The molecule has 0 radical (unpaired) electrons. The van der Waals surface area contributed by atoms with Gasteiger partial charge in [-0.05, 0) is 62.2 Å². The number of aromatic hydroxyl groups is 1. The van der Waals surface area contributed by atoms with Crippen LogP contribution in [0, 0.1) is 24.0 Å². The van der Waals surface area contributed by atoms with Gasteiger partial charge in [0, 0.05) is 43.4 Å². The van der Waals surface area contributed by atoms with Crippen molar-refractivity contribution in [1.82, 2.24) is 19.9 Å². The lowest BCUT2D eigenvalue weighted by Gasteiger charge is -2.38. The molecule has 0 spiro atoms. The van der Waals surface area contributed by atoms with Gasteiger partial charge in [0.15, 0.2) is 5.82 Å². The third-order valence-electron chi connectivity index (χ3n) is 10.2. The number of alkyl halides is 1. The molecule has 1 saturated carbocycles. The normalized spacial score (nSPS) is 25.9. The molecule has 1 aliphatic carbocycles. The summed E-state index contributed by atoms with van der Waals surface area (Å²) in [6, 6.07) is 5.52. The maximum absolute atomic E-state index is 16.9. The van der Waals surface area contributed by atoms with Crippen molar-refractivity contribution in [1.29, 1.82) is 0 Å². The van der Waals surface area contributed by atoms with Crippen LogP contribution in [-0.2, 0) is 0 Å². The second kappa shape index (κ2) is 10.4. The zero-order valence-electron chi connectivity index (χ0n) is 24.8. The van der Waals surface area contributed by atoms with Gasteiger partial charge in [0.1, 0.15) is 52.9 Å². The van der Waals surface area contributed by atoms with E-state index >= 15 is 4.39 Å². The molecule has 5 heterocycles. The van der Waals surface area contributed by atoms with E-state index in [0.29, 0.717) is 29.6 Å². The first-order valence-corrected chi connectivity index (χ1v) is 15.5. The smallest absolute Gasteiger partial charge is 0.319 e. The number of benzene rings is 2. The lowest BCUT2D eigenvalue weighted by molar-refractivity contribution is 0.107. The second-order valence-electron chi connectivity index (χ2n) is 12.8. The number of terminal acetylenes is 1. The summed E-state index contributed by atoms with van der Waals surface area (Å²) in [4.78, 5) is 18.2. The Balaban J connectivity index is 1.35. The predicted molar refractivity (Wildman–Crippen MR) is 163 cm³/mol. The van der Waals surface area contributed by atoms with Gasteiger partial charge in [0.05, 0.1) is 11.1 Å². The maximum Gasteiger partial charge on any atom is 0.319 e. The number of rotatable bonds is 4. The molecule has 2 aromatic heterocycles. The Morgan fingerprint density at radius 3 is 2.87 bits per heavy atom. The number of nitrogens with zero attached hydrogens (tertiary/aromatic N) is 5. The van der Waals surface area contributed by atoms with Gasteiger partial charge in [-0.15, -0.1) is 6.42 Å². The van der Waals surface area contributed by atoms with Crippen LogP contribution in [0.3, 0.4) is 0 Å². The van der Waals surface area contributed by atoms with Crippen LogP contribution in [0.2, 0.25) is 0 Å². The van der Waals surface area contributed by atoms with Crippen LogP contribution in [0.25, 0.3) is 32.9 Å². The van der Waals surface area contributed by atoms with Crippen LogP contribution in [0.1, 0.15) is 50.5 Å². The topological polar surface area (TPSA) is 83.8 Å². The van der Waals surface area contributed by atoms with Crippen LogP contribution in [0.15, 0.2) is 24.3 Å². The number of fused-ring (bicyclic) bond motifs is 4. The first-order chi connectivity index (χ1) is 21.7. The number of phenolic OH excluding ortho intramolecular Hbond substituents is 1. The minimum absolute atomic E-state index is 0.0288. The Kier molecular flexibility index (Phi) is 6.50. The lowest BCUT2D eigenvalue weighted by Crippen LogP contribution is -2.44. The molecule has 45 heavy (non-hydrogen) atoms. The SMILES string of the molecule is C#Cc1c(F)ccc2cc(O)cc(-c3nc4c5c(nc(OC[C@@]67CCCN6C[C@H](F)C7)nc5c3F)N(C)C3CCCC(C3)O4)c12. The van der Waals surface area contributed by atoms with Gasteiger partial charge in [-0.2, -0.15) is 9.97 Å². The standard InChI is InChI=1S/C34H32F3N5O3/c1-3-23-25(36)9-8-18-12-21(43)14-24(26(18)23)29-28(37)30-27-31(41(2)20-6-4-7-22(13-20)45-32(27)38-29)40-33(39-30)44-17-34-10-5-11-42(34)16-19(35)15-34/h1,8-9,12,14,19-20,22,43H,4-7,10-11,13,15-17H2,2H3/t19-,20?,22?,34+/m1/s1. The highest BCUT2D eigenvalue weighted by Gasteiger charge is 2.49. The Bertz CT molecular complexity index is 1910. The number of hydrogen-bond donors (Lipinski definition) is 1. The molecule has 3 fully saturated rings. The van der Waals surface area contributed by atoms with Crippen LogP contribution < -0.4 is 14.4 Å². The molecular weight excluding hydrogens is 583 g/mol. The van der Waals surface area contributed by atoms with Crippen LogP contribution in [-0.4, -0.2) is 75.6 Å². The molecule has 4 aromatic rings. The molecule has 2 aromatic carbocycles. The van der Waals surface area contributed by atoms with E-state index in [2.05, 4.69) is 20.8 Å². The predicted octanol–water partition coefficient (Wildman–Crippen LogP) is 5.91. The Labute approximate surface area is 258 Å². The number of ether oxygens (including phenoxy) is 2. The number of phenols is 1. The quantitative estimate of drug-likeness (QED) is 0.284. The van der Waals surface area contributed by atoms with Crippen molar-refractivity contribution in [3.8, 4) is 41.2 Å². The van der Waals surface area contributed by atoms with E-state index in [0.717, 1.165) is 45.1 Å². The molecular formula is C34H32F3N5O3. The average molecular weight is 616 g/mol. The van der Waals surface area contributed by atoms with Crippen molar-refractivity contribution in [3.05, 3.63) is 41.5 Å². The van der Waals surface area contributed by atoms with Crippen LogP contribution in [0.4, 0.5) is 19.0 Å². The van der Waals surface area contributed by atoms with E-state index in [1.54, 1.807) is 0 Å². The molecule has 2 unspecified atom stereocenters. The van der Waals surface area contributed by atoms with Crippen molar-refractivity contribution < 1.29 is 27.8 Å². The number of halogens is 3. The Morgan fingerprint density at radius 2 is 2.02 bits per heavy atom. The fourth-order valence-electron chi connectivity index (χ4n) is 8.00. The van der Waals surface area contributed by atoms with Crippen molar-refractivity contribution >= 4 is 27.5 Å². The van der Waals surface area contributed by atoms with Gasteiger partial charge < -0.3 is 19.5 Å². The van der Waals surface area contributed by atoms with E-state index in [1.807, 2.05) is 11.9 Å². The fraction of sp³-hybridized carbons (Fsp3) is 0.441. The fourth-order valence-corrected chi connectivity index (χ4v) is 8.00. The monoisotopic (exact) mass is 615 g/mol. The highest BCUT2D eigenvalue weighted by Crippen LogP contribution is 2.45. The van der Waals surface area contributed by atoms with E-state index in [1.165, 1.54) is 24.3 Å². The van der Waals surface area contributed by atoms with Gasteiger partial charge in [0.25, 0.3) is 0 Å². The highest BCUT2D eigenvalue weighted by molar-refractivity contribution is 6.04. The molecule has 1 N–H and O–H groups in total. The Hall–Kier alpha value is -4.30. The molecule has 2 bridgehead atoms. The van der Waals surface area contributed by atoms with Crippen LogP contribution >= 0.6 is 0 Å². The maximum atomic E-state index is 16.9. The number of aromatic nitrogens is 3. The third-order valence-corrected chi connectivity index (χ3v) is 10.2. The first kappa shape index (κ1) is 28.2. The molecule has 3 aliphatic heterocycles. The third kappa shape index (κ3) is 4.44. The number of pyridine rings is 1. The average Bonchev–Trinajstić information content (AvgIpc) is 3.56. The largest absolute Gasteiger partial charge is 0.508 e. The number of hydrogen-bond acceptors (Lipinski definition) is 8. The van der Waals surface area contributed by atoms with Gasteiger partial charge in [0.2, 0.25) is 5.88 Å². The van der Waals surface area contributed by atoms with E-state index < -0.39 is 23.3 Å². The van der Waals surface area contributed by atoms with Crippen LogP contribution in [0.5, 0.6) is 17.6 Å². The minimum Gasteiger partial charge on any atom is -0.508 e. The summed E-state index contributed by atoms with van der Waals surface area (Å²) in [6.07, 6.45) is 10.2. The summed E-state index contributed by atoms with van der Waals surface area (Å²) >= 11 is 0. The highest BCUT2D eigenvalue weighted by atomic mass is 19.1. The summed E-state index contributed by atoms with van der Waals surface area (Å²) in [5.41, 5.74) is -0.677. The molecule has 2 saturated heterocycles. The summed E-state index contributed by atoms with van der Waals surface area (Å²) in [5.74, 6) is 1.33. The van der Waals surface area contributed by atoms with E-state index in [9.17, 15) is 13.9 Å². The van der Waals surface area contributed by atoms with Gasteiger partial charge in [-0.25, -0.2) is 18.2 Å². The number of anilines is 1. The zero-order valence-corrected chi connectivity index (χ0v) is 24.8. The van der Waals surface area contributed by atoms with Crippen molar-refractivity contribution in [2.45, 2.75) is 68.8 Å². The molecule has 4 atom stereocenters. The van der Waals surface area contributed by atoms with Gasteiger partial charge in [-0.3, -0.25) is 4.90 Å².